The van der Waals surface area contributed by atoms with Crippen molar-refractivity contribution in [3.63, 3.8) is 0 Å². The molecule has 0 spiro atoms. The molecule has 0 aliphatic heterocycles. The van der Waals surface area contributed by atoms with Crippen molar-refractivity contribution in [3.8, 4) is 0 Å². The lowest BCUT2D eigenvalue weighted by atomic mass is 10.1. The van der Waals surface area contributed by atoms with Crippen LogP contribution in [0.4, 0.5) is 11.4 Å². The van der Waals surface area contributed by atoms with Crippen molar-refractivity contribution >= 4 is 39.1 Å². The second kappa shape index (κ2) is 9.43. The van der Waals surface area contributed by atoms with Gasteiger partial charge in [0.05, 0.1) is 11.3 Å². The van der Waals surface area contributed by atoms with Crippen molar-refractivity contribution in [2.45, 2.75) is 0 Å². The number of amides is 2. The number of rotatable bonds is 7. The van der Waals surface area contributed by atoms with Gasteiger partial charge >= 0.3 is 0 Å². The zero-order chi connectivity index (χ0) is 20.8. The summed E-state index contributed by atoms with van der Waals surface area (Å²) in [6.07, 6.45) is 0. The number of nitrogens with one attached hydrogen (secondary N) is 1. The van der Waals surface area contributed by atoms with Gasteiger partial charge in [0.2, 0.25) is 0 Å². The van der Waals surface area contributed by atoms with Crippen LogP contribution in [-0.2, 0) is 0 Å². The van der Waals surface area contributed by atoms with E-state index in [-0.39, 0.29) is 17.6 Å². The summed E-state index contributed by atoms with van der Waals surface area (Å²) in [4.78, 5) is 28.9. The van der Waals surface area contributed by atoms with Crippen LogP contribution in [0.5, 0.6) is 0 Å². The molecular weight excluding hydrogens is 434 g/mol. The Kier molecular flexibility index (Phi) is 6.72. The molecule has 1 aromatic heterocycles. The summed E-state index contributed by atoms with van der Waals surface area (Å²) < 4.78 is 5.82. The summed E-state index contributed by atoms with van der Waals surface area (Å²) in [5.41, 5.74) is 2.02. The molecule has 2 amide bonds. The third-order valence-corrected chi connectivity index (χ3v) is 4.95. The van der Waals surface area contributed by atoms with Gasteiger partial charge in [-0.15, -0.1) is 0 Å². The van der Waals surface area contributed by atoms with Gasteiger partial charge in [-0.2, -0.15) is 0 Å². The molecule has 0 saturated heterocycles. The Morgan fingerprint density at radius 1 is 0.966 bits per heavy atom. The fourth-order valence-electron chi connectivity index (χ4n) is 2.91. The first-order valence-electron chi connectivity index (χ1n) is 9.14. The van der Waals surface area contributed by atoms with Crippen molar-refractivity contribution in [2.75, 3.05) is 37.0 Å². The molecule has 29 heavy (non-hydrogen) atoms. The van der Waals surface area contributed by atoms with E-state index in [4.69, 9.17) is 4.42 Å². The second-order valence-electron chi connectivity index (χ2n) is 6.50. The van der Waals surface area contributed by atoms with Crippen LogP contribution in [0.2, 0.25) is 0 Å². The topological polar surface area (TPSA) is 65.8 Å². The Balaban J connectivity index is 1.66. The van der Waals surface area contributed by atoms with Crippen LogP contribution in [0.15, 0.2) is 75.8 Å². The highest BCUT2D eigenvalue weighted by Crippen LogP contribution is 2.23. The first-order chi connectivity index (χ1) is 14.0. The van der Waals surface area contributed by atoms with E-state index >= 15 is 0 Å². The largest absolute Gasteiger partial charge is 0.444 e. The second-order valence-corrected chi connectivity index (χ2v) is 7.28. The third kappa shape index (κ3) is 5.06. The minimum absolute atomic E-state index is 0.194. The van der Waals surface area contributed by atoms with E-state index in [1.165, 1.54) is 4.90 Å². The number of benzene rings is 2. The van der Waals surface area contributed by atoms with Crippen LogP contribution < -0.4 is 15.1 Å². The maximum absolute atomic E-state index is 12.8. The van der Waals surface area contributed by atoms with E-state index in [0.717, 1.165) is 5.69 Å². The number of carbonyl (C=O) groups is 2. The Bertz CT molecular complexity index is 988. The monoisotopic (exact) mass is 455 g/mol. The van der Waals surface area contributed by atoms with E-state index in [2.05, 4.69) is 26.1 Å². The van der Waals surface area contributed by atoms with Crippen molar-refractivity contribution in [2.24, 2.45) is 0 Å². The number of halogens is 1. The summed E-state index contributed by atoms with van der Waals surface area (Å²) in [5, 5.41) is 2.93. The Labute approximate surface area is 178 Å². The lowest BCUT2D eigenvalue weighted by molar-refractivity contribution is 0.0954. The number of nitrogens with zero attached hydrogens (tertiary/aromatic N) is 2. The molecule has 150 valence electrons. The van der Waals surface area contributed by atoms with E-state index in [1.54, 1.807) is 43.4 Å². The predicted octanol–water partition coefficient (Wildman–Crippen LogP) is 4.18. The molecule has 0 saturated carbocycles. The SMILES string of the molecule is CN(CCNC(=O)c1ccccc1N(C)C(=O)c1ccc(Br)o1)c1ccccc1. The average Bonchev–Trinajstić information content (AvgIpc) is 3.19. The summed E-state index contributed by atoms with van der Waals surface area (Å²) in [7, 11) is 3.59. The average molecular weight is 456 g/mol. The highest BCUT2D eigenvalue weighted by atomic mass is 79.9. The zero-order valence-corrected chi connectivity index (χ0v) is 17.8. The van der Waals surface area contributed by atoms with E-state index < -0.39 is 0 Å². The number of para-hydroxylation sites is 2. The van der Waals surface area contributed by atoms with E-state index in [1.807, 2.05) is 37.4 Å². The first kappa shape index (κ1) is 20.7. The molecule has 1 N–H and O–H groups in total. The fraction of sp³-hybridized carbons (Fsp3) is 0.182. The molecule has 1 heterocycles. The summed E-state index contributed by atoms with van der Waals surface area (Å²) in [6, 6.07) is 20.2. The van der Waals surface area contributed by atoms with Gasteiger partial charge in [0.1, 0.15) is 0 Å². The smallest absolute Gasteiger partial charge is 0.293 e. The zero-order valence-electron chi connectivity index (χ0n) is 16.3. The van der Waals surface area contributed by atoms with Crippen molar-refractivity contribution in [3.05, 3.63) is 82.7 Å². The molecular formula is C22H22BrN3O3. The molecule has 0 bridgehead atoms. The van der Waals surface area contributed by atoms with Crippen molar-refractivity contribution in [1.82, 2.24) is 5.32 Å². The van der Waals surface area contributed by atoms with Crippen LogP contribution in [0.25, 0.3) is 0 Å². The van der Waals surface area contributed by atoms with Crippen molar-refractivity contribution < 1.29 is 14.0 Å². The molecule has 0 fully saturated rings. The Morgan fingerprint density at radius 2 is 1.66 bits per heavy atom. The number of anilines is 2. The summed E-state index contributed by atoms with van der Waals surface area (Å²) in [5.74, 6) is -0.374. The number of hydrogen-bond donors (Lipinski definition) is 1. The third-order valence-electron chi connectivity index (χ3n) is 4.53. The van der Waals surface area contributed by atoms with E-state index in [0.29, 0.717) is 29.0 Å². The number of furan rings is 1. The highest BCUT2D eigenvalue weighted by Gasteiger charge is 2.21. The van der Waals surface area contributed by atoms with E-state index in [9.17, 15) is 9.59 Å². The normalized spacial score (nSPS) is 10.4. The fourth-order valence-corrected chi connectivity index (χ4v) is 3.21. The molecule has 7 heteroatoms. The molecule has 0 unspecified atom stereocenters. The quantitative estimate of drug-likeness (QED) is 0.579. The lowest BCUT2D eigenvalue weighted by Crippen LogP contribution is -2.34. The van der Waals surface area contributed by atoms with Gasteiger partial charge in [0, 0.05) is 32.9 Å². The molecule has 3 aromatic rings. The Hall–Kier alpha value is -3.06. The number of carbonyl (C=O) groups excluding carboxylic acids is 2. The van der Waals surface area contributed by atoms with Crippen LogP contribution in [0, 0.1) is 0 Å². The molecule has 0 atom stereocenters. The number of hydrogen-bond acceptors (Lipinski definition) is 4. The van der Waals surface area contributed by atoms with Gasteiger partial charge in [0.25, 0.3) is 11.8 Å². The standard InChI is InChI=1S/C22H22BrN3O3/c1-25(16-8-4-3-5-9-16)15-14-24-21(27)17-10-6-7-11-18(17)26(2)22(28)19-12-13-20(23)29-19/h3-13H,14-15H2,1-2H3,(H,24,27). The minimum atomic E-state index is -0.334. The predicted molar refractivity (Wildman–Crippen MR) is 118 cm³/mol. The lowest BCUT2D eigenvalue weighted by Gasteiger charge is -2.21. The van der Waals surface area contributed by atoms with Gasteiger partial charge in [-0.1, -0.05) is 30.3 Å². The van der Waals surface area contributed by atoms with Gasteiger partial charge in [-0.3, -0.25) is 9.59 Å². The van der Waals surface area contributed by atoms with Gasteiger partial charge < -0.3 is 19.5 Å². The van der Waals surface area contributed by atoms with Crippen LogP contribution >= 0.6 is 15.9 Å². The molecule has 0 aliphatic rings. The summed E-state index contributed by atoms with van der Waals surface area (Å²) in [6.45, 7) is 1.13. The number of likely N-dealkylation sites (N-methyl/N-ethyl adjacent to an activating group) is 1. The molecule has 0 aliphatic carbocycles. The highest BCUT2D eigenvalue weighted by molar-refractivity contribution is 9.10. The molecule has 6 nitrogen and oxygen atoms in total. The van der Waals surface area contributed by atoms with Crippen LogP contribution in [0.1, 0.15) is 20.9 Å². The van der Waals surface area contributed by atoms with Crippen LogP contribution in [-0.4, -0.2) is 39.0 Å². The Morgan fingerprint density at radius 3 is 2.34 bits per heavy atom. The molecule has 2 aromatic carbocycles. The van der Waals surface area contributed by atoms with Gasteiger partial charge in [-0.05, 0) is 52.3 Å². The van der Waals surface area contributed by atoms with Crippen molar-refractivity contribution in [1.29, 1.82) is 0 Å². The molecule has 3 rings (SSSR count). The van der Waals surface area contributed by atoms with Gasteiger partial charge in [0.15, 0.2) is 10.4 Å². The van der Waals surface area contributed by atoms with Crippen LogP contribution in [0.3, 0.4) is 0 Å². The summed E-state index contributed by atoms with van der Waals surface area (Å²) >= 11 is 3.19. The van der Waals surface area contributed by atoms with Gasteiger partial charge in [-0.25, -0.2) is 0 Å². The first-order valence-corrected chi connectivity index (χ1v) is 9.93. The molecule has 0 radical (unpaired) electrons. The minimum Gasteiger partial charge on any atom is -0.444 e. The maximum atomic E-state index is 12.8. The maximum Gasteiger partial charge on any atom is 0.293 e.